The predicted octanol–water partition coefficient (Wildman–Crippen LogP) is 2.09. The Morgan fingerprint density at radius 2 is 1.81 bits per heavy atom. The van der Waals surface area contributed by atoms with E-state index in [9.17, 15) is 4.79 Å². The molecule has 0 saturated carbocycles. The van der Waals surface area contributed by atoms with Crippen LogP contribution in [0.25, 0.3) is 0 Å². The SMILES string of the molecule is Cc1ccc([C@@H](C)NC(=O)CN2CCN(c3ncccn3)CC2)cc1C. The van der Waals surface area contributed by atoms with Gasteiger partial charge in [0, 0.05) is 38.6 Å². The van der Waals surface area contributed by atoms with Crippen molar-refractivity contribution in [2.45, 2.75) is 26.8 Å². The van der Waals surface area contributed by atoms with Crippen LogP contribution in [0.1, 0.15) is 29.7 Å². The average molecular weight is 353 g/mol. The van der Waals surface area contributed by atoms with Crippen LogP contribution in [0, 0.1) is 13.8 Å². The van der Waals surface area contributed by atoms with Crippen LogP contribution in [0.3, 0.4) is 0 Å². The van der Waals surface area contributed by atoms with Gasteiger partial charge in [0.25, 0.3) is 0 Å². The van der Waals surface area contributed by atoms with E-state index >= 15 is 0 Å². The molecule has 6 nitrogen and oxygen atoms in total. The Bertz CT molecular complexity index is 741. The first-order chi connectivity index (χ1) is 12.5. The number of aryl methyl sites for hydroxylation is 2. The van der Waals surface area contributed by atoms with Crippen LogP contribution in [0.15, 0.2) is 36.7 Å². The molecule has 2 heterocycles. The molecule has 138 valence electrons. The standard InChI is InChI=1S/C20H27N5O/c1-15-5-6-18(13-16(15)2)17(3)23-19(26)14-24-9-11-25(12-10-24)20-21-7-4-8-22-20/h4-8,13,17H,9-12,14H2,1-3H3,(H,23,26)/t17-/m1/s1. The van der Waals surface area contributed by atoms with Gasteiger partial charge in [-0.2, -0.15) is 0 Å². The maximum Gasteiger partial charge on any atom is 0.234 e. The third kappa shape index (κ3) is 4.58. The Kier molecular flexibility index (Phi) is 5.83. The van der Waals surface area contributed by atoms with Crippen molar-refractivity contribution in [2.75, 3.05) is 37.6 Å². The molecule has 0 unspecified atom stereocenters. The molecule has 1 atom stereocenters. The lowest BCUT2D eigenvalue weighted by atomic mass is 10.0. The lowest BCUT2D eigenvalue weighted by Gasteiger charge is -2.34. The summed E-state index contributed by atoms with van der Waals surface area (Å²) >= 11 is 0. The first kappa shape index (κ1) is 18.3. The molecule has 2 aromatic rings. The molecule has 1 aromatic carbocycles. The van der Waals surface area contributed by atoms with Gasteiger partial charge in [-0.1, -0.05) is 18.2 Å². The number of nitrogens with one attached hydrogen (secondary N) is 1. The zero-order chi connectivity index (χ0) is 18.5. The topological polar surface area (TPSA) is 61.4 Å². The zero-order valence-electron chi connectivity index (χ0n) is 15.8. The molecular weight excluding hydrogens is 326 g/mol. The molecule has 0 bridgehead atoms. The highest BCUT2D eigenvalue weighted by molar-refractivity contribution is 5.78. The van der Waals surface area contributed by atoms with Gasteiger partial charge in [-0.05, 0) is 43.5 Å². The van der Waals surface area contributed by atoms with Crippen LogP contribution >= 0.6 is 0 Å². The van der Waals surface area contributed by atoms with Crippen LogP contribution in [-0.4, -0.2) is 53.5 Å². The summed E-state index contributed by atoms with van der Waals surface area (Å²) in [7, 11) is 0. The summed E-state index contributed by atoms with van der Waals surface area (Å²) in [4.78, 5) is 25.3. The molecule has 1 aromatic heterocycles. The van der Waals surface area contributed by atoms with E-state index in [0.717, 1.165) is 37.7 Å². The second-order valence-corrected chi connectivity index (χ2v) is 6.94. The number of rotatable bonds is 5. The fourth-order valence-electron chi connectivity index (χ4n) is 3.17. The molecular formula is C20H27N5O. The van der Waals surface area contributed by atoms with Crippen molar-refractivity contribution in [1.29, 1.82) is 0 Å². The van der Waals surface area contributed by atoms with Gasteiger partial charge in [-0.15, -0.1) is 0 Å². The molecule has 0 aliphatic carbocycles. The van der Waals surface area contributed by atoms with Crippen LogP contribution in [-0.2, 0) is 4.79 Å². The summed E-state index contributed by atoms with van der Waals surface area (Å²) in [6.07, 6.45) is 3.52. The Balaban J connectivity index is 1.47. The smallest absolute Gasteiger partial charge is 0.234 e. The van der Waals surface area contributed by atoms with Crippen molar-refractivity contribution in [1.82, 2.24) is 20.2 Å². The van der Waals surface area contributed by atoms with Crippen molar-refractivity contribution in [3.05, 3.63) is 53.3 Å². The summed E-state index contributed by atoms with van der Waals surface area (Å²) in [5.74, 6) is 0.833. The molecule has 1 aliphatic heterocycles. The maximum atomic E-state index is 12.4. The minimum Gasteiger partial charge on any atom is -0.348 e. The van der Waals surface area contributed by atoms with Gasteiger partial charge in [0.15, 0.2) is 0 Å². The van der Waals surface area contributed by atoms with Gasteiger partial charge < -0.3 is 10.2 Å². The first-order valence-electron chi connectivity index (χ1n) is 9.14. The Morgan fingerprint density at radius 3 is 2.46 bits per heavy atom. The quantitative estimate of drug-likeness (QED) is 0.892. The third-order valence-electron chi connectivity index (χ3n) is 4.98. The monoisotopic (exact) mass is 353 g/mol. The predicted molar refractivity (Wildman–Crippen MR) is 103 cm³/mol. The second kappa shape index (κ2) is 8.27. The van der Waals surface area contributed by atoms with Crippen LogP contribution in [0.2, 0.25) is 0 Å². The molecule has 1 N–H and O–H groups in total. The minimum absolute atomic E-state index is 0.0146. The number of carbonyl (C=O) groups excluding carboxylic acids is 1. The number of benzene rings is 1. The van der Waals surface area contributed by atoms with E-state index in [0.29, 0.717) is 6.54 Å². The van der Waals surface area contributed by atoms with Gasteiger partial charge in [0.1, 0.15) is 0 Å². The molecule has 3 rings (SSSR count). The second-order valence-electron chi connectivity index (χ2n) is 6.94. The number of amides is 1. The van der Waals surface area contributed by atoms with Crippen molar-refractivity contribution in [3.63, 3.8) is 0 Å². The highest BCUT2D eigenvalue weighted by Crippen LogP contribution is 2.17. The molecule has 1 amide bonds. The van der Waals surface area contributed by atoms with Gasteiger partial charge in [0.05, 0.1) is 12.6 Å². The van der Waals surface area contributed by atoms with Gasteiger partial charge in [-0.3, -0.25) is 9.69 Å². The minimum atomic E-state index is 0.0146. The normalized spacial score (nSPS) is 16.3. The Hall–Kier alpha value is -2.47. The van der Waals surface area contributed by atoms with Crippen molar-refractivity contribution < 1.29 is 4.79 Å². The van der Waals surface area contributed by atoms with Gasteiger partial charge >= 0.3 is 0 Å². The molecule has 1 aliphatic rings. The van der Waals surface area contributed by atoms with Crippen molar-refractivity contribution >= 4 is 11.9 Å². The molecule has 0 spiro atoms. The summed E-state index contributed by atoms with van der Waals surface area (Å²) in [6.45, 7) is 10.0. The highest BCUT2D eigenvalue weighted by Gasteiger charge is 2.21. The number of carbonyl (C=O) groups is 1. The first-order valence-corrected chi connectivity index (χ1v) is 9.14. The van der Waals surface area contributed by atoms with Gasteiger partial charge in [0.2, 0.25) is 11.9 Å². The molecule has 0 radical (unpaired) electrons. The Morgan fingerprint density at radius 1 is 1.12 bits per heavy atom. The molecule has 1 saturated heterocycles. The summed E-state index contributed by atoms with van der Waals surface area (Å²) in [5, 5.41) is 3.11. The Labute approximate surface area is 155 Å². The highest BCUT2D eigenvalue weighted by atomic mass is 16.2. The van der Waals surface area contributed by atoms with Crippen LogP contribution < -0.4 is 10.2 Å². The molecule has 26 heavy (non-hydrogen) atoms. The fraction of sp³-hybridized carbons (Fsp3) is 0.450. The fourth-order valence-corrected chi connectivity index (χ4v) is 3.17. The van der Waals surface area contributed by atoms with E-state index in [4.69, 9.17) is 0 Å². The number of piperazine rings is 1. The van der Waals surface area contributed by atoms with E-state index < -0.39 is 0 Å². The number of hydrogen-bond acceptors (Lipinski definition) is 5. The number of hydrogen-bond donors (Lipinski definition) is 1. The summed E-state index contributed by atoms with van der Waals surface area (Å²) in [6, 6.07) is 8.19. The molecule has 1 fully saturated rings. The van der Waals surface area contributed by atoms with Crippen LogP contribution in [0.5, 0.6) is 0 Å². The third-order valence-corrected chi connectivity index (χ3v) is 4.98. The molecule has 6 heteroatoms. The van der Waals surface area contributed by atoms with Crippen molar-refractivity contribution in [3.8, 4) is 0 Å². The number of anilines is 1. The van der Waals surface area contributed by atoms with Crippen LogP contribution in [0.4, 0.5) is 5.95 Å². The van der Waals surface area contributed by atoms with Crippen molar-refractivity contribution in [2.24, 2.45) is 0 Å². The summed E-state index contributed by atoms with van der Waals surface area (Å²) in [5.41, 5.74) is 3.67. The lowest BCUT2D eigenvalue weighted by molar-refractivity contribution is -0.123. The number of nitrogens with zero attached hydrogens (tertiary/aromatic N) is 4. The van der Waals surface area contributed by atoms with Gasteiger partial charge in [-0.25, -0.2) is 9.97 Å². The largest absolute Gasteiger partial charge is 0.348 e. The maximum absolute atomic E-state index is 12.4. The number of aromatic nitrogens is 2. The zero-order valence-corrected chi connectivity index (χ0v) is 15.8. The van der Waals surface area contributed by atoms with E-state index in [1.165, 1.54) is 11.1 Å². The van der Waals surface area contributed by atoms with E-state index in [-0.39, 0.29) is 11.9 Å². The van der Waals surface area contributed by atoms with E-state index in [1.807, 2.05) is 13.0 Å². The average Bonchev–Trinajstić information content (AvgIpc) is 2.65. The van der Waals surface area contributed by atoms with E-state index in [1.54, 1.807) is 12.4 Å². The van der Waals surface area contributed by atoms with E-state index in [2.05, 4.69) is 57.1 Å². The lowest BCUT2D eigenvalue weighted by Crippen LogP contribution is -2.50. The summed E-state index contributed by atoms with van der Waals surface area (Å²) < 4.78 is 0.